The van der Waals surface area contributed by atoms with E-state index in [1.54, 1.807) is 61.5 Å². The second-order valence-corrected chi connectivity index (χ2v) is 10.2. The van der Waals surface area contributed by atoms with Crippen molar-refractivity contribution < 1.29 is 18.0 Å². The van der Waals surface area contributed by atoms with Crippen LogP contribution in [0.2, 0.25) is 5.02 Å². The lowest BCUT2D eigenvalue weighted by Gasteiger charge is -2.22. The molecule has 35 heavy (non-hydrogen) atoms. The van der Waals surface area contributed by atoms with Gasteiger partial charge in [-0.05, 0) is 66.6 Å². The van der Waals surface area contributed by atoms with E-state index in [9.17, 15) is 18.0 Å². The molecule has 3 aromatic carbocycles. The Balaban J connectivity index is 1.72. The Hall–Kier alpha value is -3.69. The lowest BCUT2D eigenvalue weighted by Crippen LogP contribution is -2.29. The number of carbonyl (C=O) groups is 2. The molecule has 0 radical (unpaired) electrons. The van der Waals surface area contributed by atoms with Crippen molar-refractivity contribution in [2.24, 2.45) is 5.10 Å². The highest BCUT2D eigenvalue weighted by Gasteiger charge is 2.18. The van der Waals surface area contributed by atoms with Gasteiger partial charge in [0, 0.05) is 23.2 Å². The first-order valence-electron chi connectivity index (χ1n) is 10.6. The number of carbonyl (C=O) groups excluding carboxylic acids is 2. The van der Waals surface area contributed by atoms with E-state index in [4.69, 9.17) is 11.6 Å². The molecule has 2 N–H and O–H groups in total. The number of amides is 2. The summed E-state index contributed by atoms with van der Waals surface area (Å²) in [6, 6.07) is 20.2. The van der Waals surface area contributed by atoms with Gasteiger partial charge < -0.3 is 5.32 Å². The Labute approximate surface area is 209 Å². The molecule has 8 nitrogen and oxygen atoms in total. The summed E-state index contributed by atoms with van der Waals surface area (Å²) in [5.74, 6) is -0.631. The van der Waals surface area contributed by atoms with E-state index in [1.165, 1.54) is 23.4 Å². The second kappa shape index (κ2) is 11.2. The van der Waals surface area contributed by atoms with Crippen molar-refractivity contribution >= 4 is 50.5 Å². The molecular formula is C25H25ClN4O4S. The molecule has 0 bridgehead atoms. The maximum absolute atomic E-state index is 12.6. The van der Waals surface area contributed by atoms with Crippen molar-refractivity contribution in [3.05, 3.63) is 94.5 Å². The minimum atomic E-state index is -3.57. The number of nitrogens with one attached hydrogen (secondary N) is 2. The first-order valence-corrected chi connectivity index (χ1v) is 12.8. The van der Waals surface area contributed by atoms with Crippen LogP contribution in [0.25, 0.3) is 0 Å². The minimum Gasteiger partial charge on any atom is -0.326 e. The van der Waals surface area contributed by atoms with Gasteiger partial charge in [0.15, 0.2) is 0 Å². The Morgan fingerprint density at radius 3 is 2.20 bits per heavy atom. The van der Waals surface area contributed by atoms with Crippen molar-refractivity contribution in [1.29, 1.82) is 0 Å². The van der Waals surface area contributed by atoms with E-state index < -0.39 is 15.9 Å². The maximum atomic E-state index is 12.6. The average molecular weight is 513 g/mol. The van der Waals surface area contributed by atoms with Gasteiger partial charge in [0.1, 0.15) is 0 Å². The van der Waals surface area contributed by atoms with Crippen LogP contribution < -0.4 is 15.0 Å². The molecule has 0 aliphatic heterocycles. The van der Waals surface area contributed by atoms with Crippen LogP contribution in [0.5, 0.6) is 0 Å². The standard InChI is InChI=1S/C25H25ClN4O4S/c1-17(21-5-4-6-23(15-21)27-18(2)31)28-29-25(32)20-9-13-24(14-10-20)30(35(3,33)34)16-19-7-11-22(26)12-8-19/h4-15H,16H2,1-3H3,(H,27,31)(H,29,32)/b28-17-. The number of sulfonamides is 1. The van der Waals surface area contributed by atoms with E-state index >= 15 is 0 Å². The van der Waals surface area contributed by atoms with Crippen molar-refractivity contribution in [2.45, 2.75) is 20.4 Å². The molecule has 0 fully saturated rings. The lowest BCUT2D eigenvalue weighted by atomic mass is 10.1. The highest BCUT2D eigenvalue weighted by Crippen LogP contribution is 2.22. The number of halogens is 1. The van der Waals surface area contributed by atoms with E-state index in [0.29, 0.717) is 27.7 Å². The second-order valence-electron chi connectivity index (χ2n) is 7.84. The van der Waals surface area contributed by atoms with Crippen LogP contribution in [-0.4, -0.2) is 32.2 Å². The van der Waals surface area contributed by atoms with Gasteiger partial charge in [0.25, 0.3) is 5.91 Å². The van der Waals surface area contributed by atoms with Gasteiger partial charge in [0.05, 0.1) is 24.2 Å². The number of rotatable bonds is 8. The molecular weight excluding hydrogens is 488 g/mol. The van der Waals surface area contributed by atoms with Crippen LogP contribution in [-0.2, 0) is 21.4 Å². The summed E-state index contributed by atoms with van der Waals surface area (Å²) in [6.07, 6.45) is 1.13. The number of anilines is 2. The molecule has 0 spiro atoms. The summed E-state index contributed by atoms with van der Waals surface area (Å²) in [7, 11) is -3.57. The number of hydrogen-bond donors (Lipinski definition) is 2. The SMILES string of the molecule is CC(=O)Nc1cccc(/C(C)=N\NC(=O)c2ccc(N(Cc3ccc(Cl)cc3)S(C)(=O)=O)cc2)c1. The lowest BCUT2D eigenvalue weighted by molar-refractivity contribution is -0.114. The van der Waals surface area contributed by atoms with E-state index in [0.717, 1.165) is 17.4 Å². The van der Waals surface area contributed by atoms with Crippen molar-refractivity contribution in [2.75, 3.05) is 15.9 Å². The summed E-state index contributed by atoms with van der Waals surface area (Å²) in [5, 5.41) is 7.40. The van der Waals surface area contributed by atoms with Crippen LogP contribution >= 0.6 is 11.6 Å². The average Bonchev–Trinajstić information content (AvgIpc) is 2.81. The molecule has 0 aliphatic carbocycles. The number of nitrogens with zero attached hydrogens (tertiary/aromatic N) is 2. The molecule has 10 heteroatoms. The fourth-order valence-electron chi connectivity index (χ4n) is 3.22. The summed E-state index contributed by atoms with van der Waals surface area (Å²) in [6.45, 7) is 3.28. The third-order valence-electron chi connectivity index (χ3n) is 4.98. The third kappa shape index (κ3) is 7.40. The fourth-order valence-corrected chi connectivity index (χ4v) is 4.24. The number of hydrogen-bond acceptors (Lipinski definition) is 5. The Morgan fingerprint density at radius 2 is 1.60 bits per heavy atom. The third-order valence-corrected chi connectivity index (χ3v) is 6.38. The highest BCUT2D eigenvalue weighted by atomic mass is 35.5. The molecule has 0 saturated heterocycles. The van der Waals surface area contributed by atoms with Crippen molar-refractivity contribution in [1.82, 2.24) is 5.43 Å². The zero-order valence-electron chi connectivity index (χ0n) is 19.4. The zero-order chi connectivity index (χ0) is 25.6. The van der Waals surface area contributed by atoms with Crippen LogP contribution in [0, 0.1) is 0 Å². The molecule has 0 saturated carbocycles. The zero-order valence-corrected chi connectivity index (χ0v) is 21.0. The first-order chi connectivity index (χ1) is 16.5. The molecule has 0 heterocycles. The molecule has 0 unspecified atom stereocenters. The largest absolute Gasteiger partial charge is 0.326 e. The summed E-state index contributed by atoms with van der Waals surface area (Å²) in [5.41, 5.74) is 5.92. The molecule has 0 aromatic heterocycles. The molecule has 0 aliphatic rings. The predicted molar refractivity (Wildman–Crippen MR) is 139 cm³/mol. The Bertz CT molecular complexity index is 1350. The fraction of sp³-hybridized carbons (Fsp3) is 0.160. The van der Waals surface area contributed by atoms with Gasteiger partial charge in [0.2, 0.25) is 15.9 Å². The molecule has 3 aromatic rings. The number of hydrazone groups is 1. The normalized spacial score (nSPS) is 11.6. The van der Waals surface area contributed by atoms with Gasteiger partial charge in [-0.2, -0.15) is 5.10 Å². The van der Waals surface area contributed by atoms with Crippen LogP contribution in [0.15, 0.2) is 77.9 Å². The van der Waals surface area contributed by atoms with Crippen LogP contribution in [0.3, 0.4) is 0 Å². The van der Waals surface area contributed by atoms with E-state index in [1.807, 2.05) is 6.07 Å². The summed E-state index contributed by atoms with van der Waals surface area (Å²) >= 11 is 5.91. The molecule has 0 atom stereocenters. The maximum Gasteiger partial charge on any atom is 0.271 e. The summed E-state index contributed by atoms with van der Waals surface area (Å²) in [4.78, 5) is 23.8. The molecule has 182 valence electrons. The van der Waals surface area contributed by atoms with Gasteiger partial charge in [-0.1, -0.05) is 35.9 Å². The summed E-state index contributed by atoms with van der Waals surface area (Å²) < 4.78 is 26.0. The molecule has 2 amide bonds. The van der Waals surface area contributed by atoms with Crippen LogP contribution in [0.4, 0.5) is 11.4 Å². The minimum absolute atomic E-state index is 0.128. The van der Waals surface area contributed by atoms with Crippen molar-refractivity contribution in [3.63, 3.8) is 0 Å². The first kappa shape index (κ1) is 25.9. The quantitative estimate of drug-likeness (QED) is 0.344. The predicted octanol–water partition coefficient (Wildman–Crippen LogP) is 4.42. The van der Waals surface area contributed by atoms with Crippen molar-refractivity contribution in [3.8, 4) is 0 Å². The topological polar surface area (TPSA) is 108 Å². The van der Waals surface area contributed by atoms with Gasteiger partial charge >= 0.3 is 0 Å². The smallest absolute Gasteiger partial charge is 0.271 e. The number of benzene rings is 3. The van der Waals surface area contributed by atoms with Gasteiger partial charge in [-0.3, -0.25) is 13.9 Å². The van der Waals surface area contributed by atoms with Gasteiger partial charge in [-0.25, -0.2) is 13.8 Å². The molecule has 3 rings (SSSR count). The Morgan fingerprint density at radius 1 is 0.943 bits per heavy atom. The van der Waals surface area contributed by atoms with E-state index in [2.05, 4.69) is 15.8 Å². The van der Waals surface area contributed by atoms with Gasteiger partial charge in [-0.15, -0.1) is 0 Å². The van der Waals surface area contributed by atoms with Crippen LogP contribution in [0.1, 0.15) is 35.3 Å². The Kier molecular flexibility index (Phi) is 8.26. The monoisotopic (exact) mass is 512 g/mol. The van der Waals surface area contributed by atoms with E-state index in [-0.39, 0.29) is 12.5 Å². The highest BCUT2D eigenvalue weighted by molar-refractivity contribution is 7.92.